The van der Waals surface area contributed by atoms with E-state index < -0.39 is 11.7 Å². The molecule has 1 heterocycles. The van der Waals surface area contributed by atoms with Crippen molar-refractivity contribution < 1.29 is 24.3 Å². The van der Waals surface area contributed by atoms with Crippen molar-refractivity contribution in [1.29, 1.82) is 0 Å². The summed E-state index contributed by atoms with van der Waals surface area (Å²) in [6.07, 6.45) is 0. The predicted molar refractivity (Wildman–Crippen MR) is 62.8 cm³/mol. The van der Waals surface area contributed by atoms with Crippen LogP contribution in [0.2, 0.25) is 0 Å². The third kappa shape index (κ3) is 2.33. The minimum Gasteiger partial charge on any atom is -0.504 e. The van der Waals surface area contributed by atoms with Crippen molar-refractivity contribution in [2.24, 2.45) is 5.73 Å². The summed E-state index contributed by atoms with van der Waals surface area (Å²) in [6.45, 7) is 0.0774. The third-order valence-corrected chi connectivity index (χ3v) is 2.43. The fourth-order valence-corrected chi connectivity index (χ4v) is 1.51. The second-order valence-corrected chi connectivity index (χ2v) is 3.60. The van der Waals surface area contributed by atoms with Crippen LogP contribution in [0.1, 0.15) is 16.2 Å². The number of carboxylic acid groups (broad SMARTS) is 1. The highest BCUT2D eigenvalue weighted by molar-refractivity contribution is 5.93. The standard InChI is InChI=1S/C11H11N3O5/c1-18-7-3-5(2-6(9(7)15)11(16)17)10-13-8(4-12)19-14-10/h2-3,15H,4,12H2,1H3,(H,16,17). The van der Waals surface area contributed by atoms with E-state index in [1.54, 1.807) is 0 Å². The first-order valence-electron chi connectivity index (χ1n) is 5.24. The second-order valence-electron chi connectivity index (χ2n) is 3.60. The van der Waals surface area contributed by atoms with E-state index in [1.165, 1.54) is 19.2 Å². The Labute approximate surface area is 107 Å². The van der Waals surface area contributed by atoms with Gasteiger partial charge in [0.05, 0.1) is 13.7 Å². The molecule has 8 nitrogen and oxygen atoms in total. The molecular formula is C11H11N3O5. The van der Waals surface area contributed by atoms with Crippen LogP contribution >= 0.6 is 0 Å². The molecule has 0 radical (unpaired) electrons. The van der Waals surface area contributed by atoms with E-state index in [-0.39, 0.29) is 29.6 Å². The molecule has 0 amide bonds. The number of rotatable bonds is 4. The summed E-state index contributed by atoms with van der Waals surface area (Å²) in [5.41, 5.74) is 5.38. The molecule has 1 aromatic carbocycles. The van der Waals surface area contributed by atoms with E-state index in [1.807, 2.05) is 0 Å². The van der Waals surface area contributed by atoms with Crippen LogP contribution in [-0.2, 0) is 6.54 Å². The topological polar surface area (TPSA) is 132 Å². The number of hydrogen-bond donors (Lipinski definition) is 3. The van der Waals surface area contributed by atoms with Crippen molar-refractivity contribution in [3.63, 3.8) is 0 Å². The Morgan fingerprint density at radius 3 is 2.79 bits per heavy atom. The second kappa shape index (κ2) is 4.94. The number of aromatic carboxylic acids is 1. The number of benzene rings is 1. The summed E-state index contributed by atoms with van der Waals surface area (Å²) in [4.78, 5) is 15.0. The van der Waals surface area contributed by atoms with Crippen LogP contribution in [0.4, 0.5) is 0 Å². The number of ether oxygens (including phenoxy) is 1. The first kappa shape index (κ1) is 12.8. The monoisotopic (exact) mass is 265 g/mol. The number of nitrogens with two attached hydrogens (primary N) is 1. The molecule has 100 valence electrons. The Balaban J connectivity index is 2.57. The third-order valence-electron chi connectivity index (χ3n) is 2.43. The Kier molecular flexibility index (Phi) is 3.34. The molecule has 8 heteroatoms. The van der Waals surface area contributed by atoms with Gasteiger partial charge in [-0.15, -0.1) is 0 Å². The van der Waals surface area contributed by atoms with Crippen molar-refractivity contribution in [3.8, 4) is 22.9 Å². The lowest BCUT2D eigenvalue weighted by Crippen LogP contribution is -2.00. The first-order valence-corrected chi connectivity index (χ1v) is 5.24. The molecule has 0 spiro atoms. The average Bonchev–Trinajstić information content (AvgIpc) is 2.87. The molecule has 2 rings (SSSR count). The average molecular weight is 265 g/mol. The minimum atomic E-state index is -1.29. The van der Waals surface area contributed by atoms with E-state index in [9.17, 15) is 9.90 Å². The van der Waals surface area contributed by atoms with E-state index >= 15 is 0 Å². The van der Waals surface area contributed by atoms with Gasteiger partial charge in [0.1, 0.15) is 5.56 Å². The smallest absolute Gasteiger partial charge is 0.339 e. The summed E-state index contributed by atoms with van der Waals surface area (Å²) in [6, 6.07) is 2.64. The normalized spacial score (nSPS) is 10.4. The summed E-state index contributed by atoms with van der Waals surface area (Å²) in [5, 5.41) is 22.4. The molecule has 0 saturated carbocycles. The molecular weight excluding hydrogens is 254 g/mol. The van der Waals surface area contributed by atoms with Crippen LogP contribution in [0, 0.1) is 0 Å². The number of carboxylic acids is 1. The number of hydrogen-bond acceptors (Lipinski definition) is 7. The van der Waals surface area contributed by atoms with Crippen LogP contribution in [0.15, 0.2) is 16.7 Å². The zero-order chi connectivity index (χ0) is 14.0. The number of aromatic hydroxyl groups is 1. The van der Waals surface area contributed by atoms with E-state index in [4.69, 9.17) is 20.1 Å². The van der Waals surface area contributed by atoms with Gasteiger partial charge < -0.3 is 25.2 Å². The van der Waals surface area contributed by atoms with Gasteiger partial charge in [0.2, 0.25) is 11.7 Å². The highest BCUT2D eigenvalue weighted by Gasteiger charge is 2.19. The zero-order valence-corrected chi connectivity index (χ0v) is 9.95. The van der Waals surface area contributed by atoms with Crippen LogP contribution in [0.3, 0.4) is 0 Å². The highest BCUT2D eigenvalue weighted by atomic mass is 16.5. The predicted octanol–water partition coefficient (Wildman–Crippen LogP) is 0.608. The number of phenols is 1. The molecule has 1 aromatic heterocycles. The molecule has 0 atom stereocenters. The number of aromatic nitrogens is 2. The van der Waals surface area contributed by atoms with Gasteiger partial charge in [0.15, 0.2) is 11.5 Å². The van der Waals surface area contributed by atoms with Crippen molar-refractivity contribution >= 4 is 5.97 Å². The molecule has 0 fully saturated rings. The number of methoxy groups -OCH3 is 1. The summed E-state index contributed by atoms with van der Waals surface area (Å²) < 4.78 is 9.74. The summed E-state index contributed by atoms with van der Waals surface area (Å²) in [7, 11) is 1.31. The SMILES string of the molecule is COc1cc(-c2noc(CN)n2)cc(C(=O)O)c1O. The molecule has 2 aromatic rings. The Morgan fingerprint density at radius 2 is 2.26 bits per heavy atom. The van der Waals surface area contributed by atoms with E-state index in [0.717, 1.165) is 0 Å². The highest BCUT2D eigenvalue weighted by Crippen LogP contribution is 2.34. The van der Waals surface area contributed by atoms with E-state index in [0.29, 0.717) is 5.56 Å². The Morgan fingerprint density at radius 1 is 1.53 bits per heavy atom. The number of nitrogens with zero attached hydrogens (tertiary/aromatic N) is 2. The quantitative estimate of drug-likeness (QED) is 0.732. The van der Waals surface area contributed by atoms with Crippen LogP contribution in [0.25, 0.3) is 11.4 Å². The molecule has 0 aliphatic heterocycles. The van der Waals surface area contributed by atoms with E-state index in [2.05, 4.69) is 10.1 Å². The van der Waals surface area contributed by atoms with Crippen molar-refractivity contribution in [3.05, 3.63) is 23.6 Å². The van der Waals surface area contributed by atoms with Gasteiger partial charge >= 0.3 is 5.97 Å². The van der Waals surface area contributed by atoms with Gasteiger partial charge in [-0.3, -0.25) is 0 Å². The van der Waals surface area contributed by atoms with Crippen molar-refractivity contribution in [1.82, 2.24) is 10.1 Å². The lowest BCUT2D eigenvalue weighted by atomic mass is 10.1. The Hall–Kier alpha value is -2.61. The largest absolute Gasteiger partial charge is 0.504 e. The molecule has 0 saturated heterocycles. The Bertz CT molecular complexity index is 623. The number of carbonyl (C=O) groups is 1. The fourth-order valence-electron chi connectivity index (χ4n) is 1.51. The zero-order valence-electron chi connectivity index (χ0n) is 9.95. The maximum atomic E-state index is 11.0. The minimum absolute atomic E-state index is 0.00833. The van der Waals surface area contributed by atoms with Crippen molar-refractivity contribution in [2.75, 3.05) is 7.11 Å². The molecule has 4 N–H and O–H groups in total. The first-order chi connectivity index (χ1) is 9.06. The maximum absolute atomic E-state index is 11.0. The molecule has 19 heavy (non-hydrogen) atoms. The van der Waals surface area contributed by atoms with Gasteiger partial charge in [-0.2, -0.15) is 4.98 Å². The molecule has 0 aliphatic carbocycles. The fraction of sp³-hybridized carbons (Fsp3) is 0.182. The van der Waals surface area contributed by atoms with Gasteiger partial charge in [0, 0.05) is 5.56 Å². The van der Waals surface area contributed by atoms with Crippen molar-refractivity contribution in [2.45, 2.75) is 6.54 Å². The summed E-state index contributed by atoms with van der Waals surface area (Å²) >= 11 is 0. The molecule has 0 aliphatic rings. The van der Waals surface area contributed by atoms with Gasteiger partial charge in [-0.1, -0.05) is 5.16 Å². The maximum Gasteiger partial charge on any atom is 0.339 e. The van der Waals surface area contributed by atoms with Crippen LogP contribution in [0.5, 0.6) is 11.5 Å². The van der Waals surface area contributed by atoms with Crippen LogP contribution < -0.4 is 10.5 Å². The lowest BCUT2D eigenvalue weighted by Gasteiger charge is -2.07. The van der Waals surface area contributed by atoms with Gasteiger partial charge in [-0.05, 0) is 12.1 Å². The molecule has 0 bridgehead atoms. The van der Waals surface area contributed by atoms with Crippen LogP contribution in [-0.4, -0.2) is 33.4 Å². The summed E-state index contributed by atoms with van der Waals surface area (Å²) in [5.74, 6) is -1.35. The lowest BCUT2D eigenvalue weighted by molar-refractivity contribution is 0.0693. The van der Waals surface area contributed by atoms with Gasteiger partial charge in [-0.25, -0.2) is 4.79 Å². The van der Waals surface area contributed by atoms with Gasteiger partial charge in [0.25, 0.3) is 0 Å². The molecule has 0 unspecified atom stereocenters.